The number of aromatic nitrogens is 4. The van der Waals surface area contributed by atoms with Gasteiger partial charge in [-0.05, 0) is 45.4 Å². The molecule has 0 unspecified atom stereocenters. The number of amides is 1. The first kappa shape index (κ1) is 19.5. The van der Waals surface area contributed by atoms with Crippen LogP contribution in [0.3, 0.4) is 0 Å². The van der Waals surface area contributed by atoms with Crippen LogP contribution in [-0.4, -0.2) is 36.4 Å². The minimum atomic E-state index is -0.318. The Bertz CT molecular complexity index is 1020. The van der Waals surface area contributed by atoms with Crippen molar-refractivity contribution in [3.8, 4) is 5.82 Å². The molecular formula is C21H25N5O2. The summed E-state index contributed by atoms with van der Waals surface area (Å²) in [5, 5.41) is 8.76. The fraction of sp³-hybridized carbons (Fsp3) is 0.333. The highest BCUT2D eigenvalue weighted by molar-refractivity contribution is 5.76. The van der Waals surface area contributed by atoms with Crippen LogP contribution in [-0.2, 0) is 17.9 Å². The molecule has 0 saturated heterocycles. The molecule has 2 heterocycles. The number of hydrogen-bond acceptors (Lipinski definition) is 4. The fourth-order valence-electron chi connectivity index (χ4n) is 3.08. The van der Waals surface area contributed by atoms with Gasteiger partial charge < -0.3 is 4.90 Å². The van der Waals surface area contributed by atoms with E-state index in [2.05, 4.69) is 10.2 Å². The van der Waals surface area contributed by atoms with Crippen molar-refractivity contribution in [3.05, 3.63) is 75.8 Å². The predicted molar refractivity (Wildman–Crippen MR) is 107 cm³/mol. The molecule has 0 aliphatic rings. The van der Waals surface area contributed by atoms with E-state index >= 15 is 0 Å². The van der Waals surface area contributed by atoms with E-state index in [1.165, 1.54) is 10.7 Å². The Hall–Kier alpha value is -3.22. The normalized spacial score (nSPS) is 11.0. The van der Waals surface area contributed by atoms with Crippen molar-refractivity contribution in [1.82, 2.24) is 24.5 Å². The molecule has 2 aromatic heterocycles. The van der Waals surface area contributed by atoms with Gasteiger partial charge in [-0.15, -0.1) is 5.10 Å². The molecule has 3 rings (SSSR count). The average molecular weight is 379 g/mol. The van der Waals surface area contributed by atoms with E-state index in [1.54, 1.807) is 15.6 Å². The first-order chi connectivity index (χ1) is 13.3. The zero-order valence-corrected chi connectivity index (χ0v) is 16.7. The van der Waals surface area contributed by atoms with Crippen LogP contribution in [0.15, 0.2) is 53.3 Å². The summed E-state index contributed by atoms with van der Waals surface area (Å²) in [7, 11) is 0. The van der Waals surface area contributed by atoms with Crippen LogP contribution in [0.4, 0.5) is 0 Å². The Morgan fingerprint density at radius 3 is 2.39 bits per heavy atom. The van der Waals surface area contributed by atoms with Crippen LogP contribution in [0, 0.1) is 13.8 Å². The minimum Gasteiger partial charge on any atom is -0.334 e. The molecule has 0 saturated carbocycles. The Balaban J connectivity index is 1.85. The van der Waals surface area contributed by atoms with E-state index in [9.17, 15) is 9.59 Å². The summed E-state index contributed by atoms with van der Waals surface area (Å²) < 4.78 is 2.87. The van der Waals surface area contributed by atoms with Crippen molar-refractivity contribution >= 4 is 5.91 Å². The molecule has 0 N–H and O–H groups in total. The fourth-order valence-corrected chi connectivity index (χ4v) is 3.08. The second-order valence-corrected chi connectivity index (χ2v) is 7.13. The Morgan fingerprint density at radius 1 is 1.07 bits per heavy atom. The van der Waals surface area contributed by atoms with Gasteiger partial charge in [0.25, 0.3) is 5.56 Å². The molecule has 1 amide bonds. The molecule has 7 heteroatoms. The van der Waals surface area contributed by atoms with E-state index in [-0.39, 0.29) is 24.1 Å². The highest BCUT2D eigenvalue weighted by Crippen LogP contribution is 2.10. The van der Waals surface area contributed by atoms with E-state index < -0.39 is 0 Å². The second-order valence-electron chi connectivity index (χ2n) is 7.13. The van der Waals surface area contributed by atoms with E-state index in [0.717, 1.165) is 17.0 Å². The van der Waals surface area contributed by atoms with Crippen LogP contribution in [0.2, 0.25) is 0 Å². The van der Waals surface area contributed by atoms with Gasteiger partial charge in [0.2, 0.25) is 5.91 Å². The molecular weight excluding hydrogens is 354 g/mol. The largest absolute Gasteiger partial charge is 0.334 e. The molecule has 0 fully saturated rings. The van der Waals surface area contributed by atoms with Crippen molar-refractivity contribution in [1.29, 1.82) is 0 Å². The summed E-state index contributed by atoms with van der Waals surface area (Å²) in [6.45, 7) is 8.11. The summed E-state index contributed by atoms with van der Waals surface area (Å²) in [6, 6.07) is 14.8. The predicted octanol–water partition coefficient (Wildman–Crippen LogP) is 2.48. The molecule has 146 valence electrons. The Kier molecular flexibility index (Phi) is 5.73. The van der Waals surface area contributed by atoms with Crippen molar-refractivity contribution in [3.63, 3.8) is 0 Å². The van der Waals surface area contributed by atoms with Gasteiger partial charge >= 0.3 is 0 Å². The maximum atomic E-state index is 12.9. The van der Waals surface area contributed by atoms with E-state index in [4.69, 9.17) is 0 Å². The minimum absolute atomic E-state index is 0.00241. The molecule has 3 aromatic rings. The maximum Gasteiger partial charge on any atom is 0.267 e. The van der Waals surface area contributed by atoms with Crippen molar-refractivity contribution in [2.45, 2.75) is 46.8 Å². The highest BCUT2D eigenvalue weighted by atomic mass is 16.2. The van der Waals surface area contributed by atoms with Crippen molar-refractivity contribution in [2.75, 3.05) is 0 Å². The van der Waals surface area contributed by atoms with Crippen LogP contribution in [0.5, 0.6) is 0 Å². The number of aryl methyl sites for hydroxylation is 2. The van der Waals surface area contributed by atoms with Gasteiger partial charge in [-0.1, -0.05) is 30.3 Å². The van der Waals surface area contributed by atoms with E-state index in [1.807, 2.05) is 64.1 Å². The zero-order valence-electron chi connectivity index (χ0n) is 16.7. The molecule has 0 aliphatic carbocycles. The van der Waals surface area contributed by atoms with Gasteiger partial charge in [0.05, 0.1) is 5.69 Å². The van der Waals surface area contributed by atoms with Gasteiger partial charge in [0.15, 0.2) is 5.82 Å². The summed E-state index contributed by atoms with van der Waals surface area (Å²) >= 11 is 0. The molecule has 1 aromatic carbocycles. The topological polar surface area (TPSA) is 73.0 Å². The summed E-state index contributed by atoms with van der Waals surface area (Å²) in [4.78, 5) is 27.0. The second kappa shape index (κ2) is 8.21. The van der Waals surface area contributed by atoms with Gasteiger partial charge in [0.1, 0.15) is 6.54 Å². The molecule has 0 aliphatic heterocycles. The summed E-state index contributed by atoms with van der Waals surface area (Å²) in [5.74, 6) is 0.358. The monoisotopic (exact) mass is 379 g/mol. The lowest BCUT2D eigenvalue weighted by atomic mass is 10.2. The van der Waals surface area contributed by atoms with E-state index in [0.29, 0.717) is 12.4 Å². The first-order valence-corrected chi connectivity index (χ1v) is 9.30. The smallest absolute Gasteiger partial charge is 0.267 e. The average Bonchev–Trinajstić information content (AvgIpc) is 3.00. The van der Waals surface area contributed by atoms with Crippen LogP contribution < -0.4 is 5.56 Å². The van der Waals surface area contributed by atoms with Crippen molar-refractivity contribution < 1.29 is 4.79 Å². The van der Waals surface area contributed by atoms with Crippen LogP contribution in [0.1, 0.15) is 30.8 Å². The van der Waals surface area contributed by atoms with Crippen molar-refractivity contribution in [2.24, 2.45) is 0 Å². The Labute approximate surface area is 164 Å². The number of hydrogen-bond donors (Lipinski definition) is 0. The summed E-state index contributed by atoms with van der Waals surface area (Å²) in [6.07, 6.45) is 0. The maximum absolute atomic E-state index is 12.9. The number of nitrogens with zero attached hydrogens (tertiary/aromatic N) is 5. The number of carbonyl (C=O) groups is 1. The molecule has 0 atom stereocenters. The third-order valence-electron chi connectivity index (χ3n) is 4.50. The first-order valence-electron chi connectivity index (χ1n) is 9.30. The van der Waals surface area contributed by atoms with Crippen LogP contribution >= 0.6 is 0 Å². The third-order valence-corrected chi connectivity index (χ3v) is 4.50. The zero-order chi connectivity index (χ0) is 20.3. The molecule has 0 radical (unpaired) electrons. The molecule has 28 heavy (non-hydrogen) atoms. The highest BCUT2D eigenvalue weighted by Gasteiger charge is 2.19. The number of carbonyl (C=O) groups excluding carboxylic acids is 1. The molecule has 0 spiro atoms. The van der Waals surface area contributed by atoms with Gasteiger partial charge in [-0.25, -0.2) is 9.36 Å². The Morgan fingerprint density at radius 2 is 1.79 bits per heavy atom. The third kappa shape index (κ3) is 4.36. The molecule has 7 nitrogen and oxygen atoms in total. The van der Waals surface area contributed by atoms with Gasteiger partial charge in [-0.3, -0.25) is 9.59 Å². The lowest BCUT2D eigenvalue weighted by Crippen LogP contribution is -2.41. The number of benzene rings is 1. The van der Waals surface area contributed by atoms with Gasteiger partial charge in [0, 0.05) is 24.3 Å². The quantitative estimate of drug-likeness (QED) is 0.660. The molecule has 0 bridgehead atoms. The lowest BCUT2D eigenvalue weighted by molar-refractivity contribution is -0.134. The SMILES string of the molecule is Cc1cc(C)n(-c2ccc(=O)n(CC(=O)N(Cc3ccccc3)C(C)C)n2)n1. The number of rotatable bonds is 6. The van der Waals surface area contributed by atoms with Crippen LogP contribution in [0.25, 0.3) is 5.82 Å². The lowest BCUT2D eigenvalue weighted by Gasteiger charge is -2.27. The summed E-state index contributed by atoms with van der Waals surface area (Å²) in [5.41, 5.74) is 2.50. The standard InChI is InChI=1S/C21H25N5O2/c1-15(2)24(13-18-8-6-5-7-9-18)21(28)14-25-20(27)11-10-19(23-25)26-17(4)12-16(3)22-26/h5-12,15H,13-14H2,1-4H3. The van der Waals surface area contributed by atoms with Gasteiger partial charge in [-0.2, -0.15) is 5.10 Å².